The minimum atomic E-state index is 0.0383. The summed E-state index contributed by atoms with van der Waals surface area (Å²) in [6, 6.07) is 15.1. The number of pyridine rings is 1. The van der Waals surface area contributed by atoms with Gasteiger partial charge in [0.05, 0.1) is 6.54 Å². The Hall–Kier alpha value is -1.87. The average molecular weight is 230 g/mol. The van der Waals surface area contributed by atoms with Gasteiger partial charge in [0, 0.05) is 12.3 Å². The Kier molecular flexibility index (Phi) is 5.75. The standard InChI is InChI=1S/C12H11NO.C2H7N/c14-12-8-4-5-9-13(12)10-11-6-2-1-3-7-11;1-3-2/h1-9H,10H2;3H,1-2H3. The van der Waals surface area contributed by atoms with E-state index in [0.29, 0.717) is 6.54 Å². The van der Waals surface area contributed by atoms with E-state index >= 15 is 0 Å². The average Bonchev–Trinajstić information content (AvgIpc) is 2.35. The Morgan fingerprint density at radius 2 is 1.59 bits per heavy atom. The van der Waals surface area contributed by atoms with E-state index in [1.54, 1.807) is 22.9 Å². The molecule has 1 aromatic carbocycles. The van der Waals surface area contributed by atoms with Gasteiger partial charge in [-0.15, -0.1) is 0 Å². The van der Waals surface area contributed by atoms with E-state index in [1.807, 2.05) is 50.5 Å². The van der Waals surface area contributed by atoms with Gasteiger partial charge >= 0.3 is 0 Å². The van der Waals surface area contributed by atoms with Crippen LogP contribution in [0.5, 0.6) is 0 Å². The van der Waals surface area contributed by atoms with Crippen molar-refractivity contribution in [3.63, 3.8) is 0 Å². The fraction of sp³-hybridized carbons (Fsp3) is 0.214. The lowest BCUT2D eigenvalue weighted by Gasteiger charge is -2.03. The van der Waals surface area contributed by atoms with Gasteiger partial charge in [-0.1, -0.05) is 36.4 Å². The van der Waals surface area contributed by atoms with Crippen LogP contribution in [0, 0.1) is 0 Å². The summed E-state index contributed by atoms with van der Waals surface area (Å²) in [6.45, 7) is 0.639. The van der Waals surface area contributed by atoms with Crippen LogP contribution >= 0.6 is 0 Å². The van der Waals surface area contributed by atoms with Crippen molar-refractivity contribution in [3.8, 4) is 0 Å². The zero-order valence-corrected chi connectivity index (χ0v) is 10.3. The molecule has 0 fully saturated rings. The van der Waals surface area contributed by atoms with Crippen LogP contribution in [0.3, 0.4) is 0 Å². The van der Waals surface area contributed by atoms with Gasteiger partial charge in [0.1, 0.15) is 0 Å². The van der Waals surface area contributed by atoms with Crippen molar-refractivity contribution >= 4 is 0 Å². The number of benzene rings is 1. The van der Waals surface area contributed by atoms with Gasteiger partial charge in [0.2, 0.25) is 0 Å². The molecule has 2 rings (SSSR count). The predicted molar refractivity (Wildman–Crippen MR) is 71.2 cm³/mol. The summed E-state index contributed by atoms with van der Waals surface area (Å²) in [5, 5.41) is 2.75. The molecule has 2 aromatic rings. The monoisotopic (exact) mass is 230 g/mol. The van der Waals surface area contributed by atoms with Gasteiger partial charge in [-0.2, -0.15) is 0 Å². The van der Waals surface area contributed by atoms with Gasteiger partial charge in [-0.3, -0.25) is 4.79 Å². The molecule has 0 aliphatic heterocycles. The predicted octanol–water partition coefficient (Wildman–Crippen LogP) is 1.73. The molecule has 0 radical (unpaired) electrons. The van der Waals surface area contributed by atoms with Crippen LogP contribution in [0.4, 0.5) is 0 Å². The summed E-state index contributed by atoms with van der Waals surface area (Å²) < 4.78 is 1.69. The Balaban J connectivity index is 0.000000437. The molecule has 0 unspecified atom stereocenters. The molecule has 1 aromatic heterocycles. The van der Waals surface area contributed by atoms with E-state index in [2.05, 4.69) is 5.32 Å². The van der Waals surface area contributed by atoms with Gasteiger partial charge in [0.25, 0.3) is 5.56 Å². The summed E-state index contributed by atoms with van der Waals surface area (Å²) in [5.74, 6) is 0. The number of hydrogen-bond acceptors (Lipinski definition) is 2. The third-order valence-electron chi connectivity index (χ3n) is 2.09. The minimum Gasteiger partial charge on any atom is -0.323 e. The molecule has 17 heavy (non-hydrogen) atoms. The number of aromatic nitrogens is 1. The second-order valence-corrected chi connectivity index (χ2v) is 3.65. The molecule has 0 saturated heterocycles. The first kappa shape index (κ1) is 13.2. The topological polar surface area (TPSA) is 34.0 Å². The fourth-order valence-corrected chi connectivity index (χ4v) is 1.37. The van der Waals surface area contributed by atoms with Crippen LogP contribution in [0.25, 0.3) is 0 Å². The summed E-state index contributed by atoms with van der Waals surface area (Å²) in [5.41, 5.74) is 1.18. The SMILES string of the molecule is CNC.O=c1ccccn1Cc1ccccc1. The highest BCUT2D eigenvalue weighted by atomic mass is 16.1. The molecular weight excluding hydrogens is 212 g/mol. The van der Waals surface area contributed by atoms with Gasteiger partial charge in [-0.25, -0.2) is 0 Å². The van der Waals surface area contributed by atoms with E-state index in [1.165, 1.54) is 0 Å². The smallest absolute Gasteiger partial charge is 0.250 e. The lowest BCUT2D eigenvalue weighted by molar-refractivity contribution is 0.759. The Morgan fingerprint density at radius 1 is 1.00 bits per heavy atom. The zero-order chi connectivity index (χ0) is 12.5. The third kappa shape index (κ3) is 4.66. The van der Waals surface area contributed by atoms with E-state index in [4.69, 9.17) is 0 Å². The summed E-state index contributed by atoms with van der Waals surface area (Å²) in [6.07, 6.45) is 1.80. The van der Waals surface area contributed by atoms with Gasteiger partial charge < -0.3 is 9.88 Å². The van der Waals surface area contributed by atoms with Crippen LogP contribution in [0.1, 0.15) is 5.56 Å². The lowest BCUT2D eigenvalue weighted by Crippen LogP contribution is -2.18. The highest BCUT2D eigenvalue weighted by Gasteiger charge is 1.94. The molecule has 0 atom stereocenters. The molecule has 0 spiro atoms. The maximum absolute atomic E-state index is 11.4. The number of rotatable bonds is 2. The minimum absolute atomic E-state index is 0.0383. The van der Waals surface area contributed by atoms with Crippen molar-refractivity contribution in [2.75, 3.05) is 14.1 Å². The summed E-state index contributed by atoms with van der Waals surface area (Å²) in [7, 11) is 3.75. The molecule has 3 nitrogen and oxygen atoms in total. The first-order chi connectivity index (χ1) is 8.27. The summed E-state index contributed by atoms with van der Waals surface area (Å²) >= 11 is 0. The van der Waals surface area contributed by atoms with Crippen LogP contribution in [-0.4, -0.2) is 18.7 Å². The second-order valence-electron chi connectivity index (χ2n) is 3.65. The zero-order valence-electron chi connectivity index (χ0n) is 10.3. The number of hydrogen-bond donors (Lipinski definition) is 1. The van der Waals surface area contributed by atoms with Crippen LogP contribution in [-0.2, 0) is 6.54 Å². The van der Waals surface area contributed by atoms with Crippen molar-refractivity contribution in [2.45, 2.75) is 6.54 Å². The van der Waals surface area contributed by atoms with Gasteiger partial charge in [0.15, 0.2) is 0 Å². The van der Waals surface area contributed by atoms with Crippen LogP contribution in [0.2, 0.25) is 0 Å². The molecule has 1 N–H and O–H groups in total. The Morgan fingerprint density at radius 3 is 2.18 bits per heavy atom. The van der Waals surface area contributed by atoms with E-state index < -0.39 is 0 Å². The maximum Gasteiger partial charge on any atom is 0.250 e. The van der Waals surface area contributed by atoms with Crippen LogP contribution in [0.15, 0.2) is 59.5 Å². The molecule has 0 aliphatic rings. The van der Waals surface area contributed by atoms with Crippen molar-refractivity contribution in [1.29, 1.82) is 0 Å². The van der Waals surface area contributed by atoms with Crippen molar-refractivity contribution in [1.82, 2.24) is 9.88 Å². The molecule has 1 heterocycles. The number of nitrogens with one attached hydrogen (secondary N) is 1. The maximum atomic E-state index is 11.4. The first-order valence-corrected chi connectivity index (χ1v) is 5.56. The third-order valence-corrected chi connectivity index (χ3v) is 2.09. The lowest BCUT2D eigenvalue weighted by atomic mass is 10.2. The van der Waals surface area contributed by atoms with Crippen molar-refractivity contribution in [3.05, 3.63) is 70.6 Å². The Labute approximate surface area is 102 Å². The first-order valence-electron chi connectivity index (χ1n) is 5.56. The largest absolute Gasteiger partial charge is 0.323 e. The highest BCUT2D eigenvalue weighted by Crippen LogP contribution is 1.99. The second kappa shape index (κ2) is 7.41. The van der Waals surface area contributed by atoms with E-state index in [0.717, 1.165) is 5.56 Å². The number of nitrogens with zero attached hydrogens (tertiary/aromatic N) is 1. The molecule has 0 amide bonds. The molecular formula is C14H18N2O. The molecule has 90 valence electrons. The van der Waals surface area contributed by atoms with Gasteiger partial charge in [-0.05, 0) is 25.7 Å². The van der Waals surface area contributed by atoms with Crippen LogP contribution < -0.4 is 10.9 Å². The highest BCUT2D eigenvalue weighted by molar-refractivity contribution is 5.15. The fourth-order valence-electron chi connectivity index (χ4n) is 1.37. The quantitative estimate of drug-likeness (QED) is 0.852. The van der Waals surface area contributed by atoms with E-state index in [9.17, 15) is 4.79 Å². The molecule has 0 bridgehead atoms. The Bertz CT molecular complexity index is 477. The van der Waals surface area contributed by atoms with Crippen molar-refractivity contribution in [2.24, 2.45) is 0 Å². The molecule has 0 aliphatic carbocycles. The van der Waals surface area contributed by atoms with Crippen molar-refractivity contribution < 1.29 is 0 Å². The van der Waals surface area contributed by atoms with E-state index in [-0.39, 0.29) is 5.56 Å². The summed E-state index contributed by atoms with van der Waals surface area (Å²) in [4.78, 5) is 11.4. The normalized spacial score (nSPS) is 9.29. The molecule has 0 saturated carbocycles. The molecule has 3 heteroatoms.